The molecule has 5 nitrogen and oxygen atoms in total. The van der Waals surface area contributed by atoms with E-state index in [1.165, 1.54) is 0 Å². The van der Waals surface area contributed by atoms with Crippen molar-refractivity contribution in [3.05, 3.63) is 61.1 Å². The Morgan fingerprint density at radius 2 is 1.57 bits per heavy atom. The molecule has 1 aromatic carbocycles. The molecule has 0 bridgehead atoms. The van der Waals surface area contributed by atoms with E-state index in [-0.39, 0.29) is 0 Å². The summed E-state index contributed by atoms with van der Waals surface area (Å²) in [6.07, 6.45) is 5.10. The number of pyridine rings is 2. The third-order valence-electron chi connectivity index (χ3n) is 3.34. The SMILES string of the molecule is COc1ccc(Oc2ncccc2-c2cnccc2OC)cc1. The molecule has 3 rings (SSSR count). The molecule has 0 spiro atoms. The highest BCUT2D eigenvalue weighted by molar-refractivity contribution is 5.73. The minimum absolute atomic E-state index is 0.490. The summed E-state index contributed by atoms with van der Waals surface area (Å²) in [7, 11) is 3.25. The zero-order valence-electron chi connectivity index (χ0n) is 12.9. The van der Waals surface area contributed by atoms with Gasteiger partial charge in [-0.1, -0.05) is 0 Å². The van der Waals surface area contributed by atoms with E-state index in [9.17, 15) is 0 Å². The predicted octanol–water partition coefficient (Wildman–Crippen LogP) is 3.95. The lowest BCUT2D eigenvalue weighted by Gasteiger charge is -2.12. The van der Waals surface area contributed by atoms with Crippen LogP contribution < -0.4 is 14.2 Å². The molecule has 23 heavy (non-hydrogen) atoms. The monoisotopic (exact) mass is 308 g/mol. The summed E-state index contributed by atoms with van der Waals surface area (Å²) in [6.45, 7) is 0. The van der Waals surface area contributed by atoms with Crippen LogP contribution >= 0.6 is 0 Å². The van der Waals surface area contributed by atoms with Gasteiger partial charge >= 0.3 is 0 Å². The van der Waals surface area contributed by atoms with Gasteiger partial charge in [0.1, 0.15) is 17.2 Å². The summed E-state index contributed by atoms with van der Waals surface area (Å²) in [4.78, 5) is 8.49. The van der Waals surface area contributed by atoms with Gasteiger partial charge in [-0.15, -0.1) is 0 Å². The number of ether oxygens (including phenoxy) is 3. The second-order valence-corrected chi connectivity index (χ2v) is 4.71. The van der Waals surface area contributed by atoms with Gasteiger partial charge in [0.15, 0.2) is 0 Å². The van der Waals surface area contributed by atoms with Gasteiger partial charge in [0.05, 0.1) is 14.2 Å². The van der Waals surface area contributed by atoms with E-state index < -0.39 is 0 Å². The number of hydrogen-bond donors (Lipinski definition) is 0. The lowest BCUT2D eigenvalue weighted by Crippen LogP contribution is -1.94. The van der Waals surface area contributed by atoms with Gasteiger partial charge in [0, 0.05) is 29.7 Å². The molecule has 5 heteroatoms. The van der Waals surface area contributed by atoms with E-state index in [0.717, 1.165) is 16.9 Å². The average molecular weight is 308 g/mol. The van der Waals surface area contributed by atoms with Crippen molar-refractivity contribution in [3.8, 4) is 34.3 Å². The van der Waals surface area contributed by atoms with Gasteiger partial charge in [-0.2, -0.15) is 0 Å². The van der Waals surface area contributed by atoms with E-state index in [2.05, 4.69) is 9.97 Å². The summed E-state index contributed by atoms with van der Waals surface area (Å²) in [5.41, 5.74) is 1.64. The quantitative estimate of drug-likeness (QED) is 0.714. The van der Waals surface area contributed by atoms with Crippen LogP contribution in [0.5, 0.6) is 23.1 Å². The Morgan fingerprint density at radius 3 is 2.30 bits per heavy atom. The van der Waals surface area contributed by atoms with Crippen molar-refractivity contribution >= 4 is 0 Å². The Labute approximate surface area is 134 Å². The van der Waals surface area contributed by atoms with E-state index in [1.807, 2.05) is 36.4 Å². The highest BCUT2D eigenvalue weighted by atomic mass is 16.5. The predicted molar refractivity (Wildman–Crippen MR) is 87.1 cm³/mol. The largest absolute Gasteiger partial charge is 0.497 e. The van der Waals surface area contributed by atoms with E-state index in [4.69, 9.17) is 14.2 Å². The van der Waals surface area contributed by atoms with Crippen LogP contribution in [0.2, 0.25) is 0 Å². The van der Waals surface area contributed by atoms with Crippen LogP contribution in [-0.2, 0) is 0 Å². The van der Waals surface area contributed by atoms with Gasteiger partial charge in [-0.05, 0) is 42.5 Å². The molecule has 0 saturated carbocycles. The fourth-order valence-electron chi connectivity index (χ4n) is 2.19. The number of aromatic nitrogens is 2. The molecule has 0 fully saturated rings. The topological polar surface area (TPSA) is 53.5 Å². The third-order valence-corrected chi connectivity index (χ3v) is 3.34. The summed E-state index contributed by atoms with van der Waals surface area (Å²) >= 11 is 0. The first-order valence-electron chi connectivity index (χ1n) is 7.07. The Hall–Kier alpha value is -3.08. The lowest BCUT2D eigenvalue weighted by molar-refractivity contribution is 0.411. The summed E-state index contributed by atoms with van der Waals surface area (Å²) in [5, 5.41) is 0. The van der Waals surface area contributed by atoms with Crippen molar-refractivity contribution in [2.24, 2.45) is 0 Å². The molecule has 0 radical (unpaired) electrons. The van der Waals surface area contributed by atoms with Crippen molar-refractivity contribution < 1.29 is 14.2 Å². The van der Waals surface area contributed by atoms with Crippen LogP contribution in [0.3, 0.4) is 0 Å². The first-order valence-corrected chi connectivity index (χ1v) is 7.07. The Kier molecular flexibility index (Phi) is 4.38. The van der Waals surface area contributed by atoms with Gasteiger partial charge in [-0.3, -0.25) is 4.98 Å². The zero-order chi connectivity index (χ0) is 16.1. The van der Waals surface area contributed by atoms with Crippen molar-refractivity contribution in [3.63, 3.8) is 0 Å². The molecular formula is C18H16N2O3. The number of benzene rings is 1. The molecule has 116 valence electrons. The van der Waals surface area contributed by atoms with Gasteiger partial charge in [0.25, 0.3) is 0 Å². The Morgan fingerprint density at radius 1 is 0.783 bits per heavy atom. The van der Waals surface area contributed by atoms with Crippen LogP contribution in [-0.4, -0.2) is 24.2 Å². The van der Waals surface area contributed by atoms with E-state index >= 15 is 0 Å². The Bertz CT molecular complexity index is 788. The molecule has 0 aliphatic heterocycles. The molecule has 0 unspecified atom stereocenters. The van der Waals surface area contributed by atoms with E-state index in [1.54, 1.807) is 38.9 Å². The van der Waals surface area contributed by atoms with Crippen molar-refractivity contribution in [1.29, 1.82) is 0 Å². The van der Waals surface area contributed by atoms with Gasteiger partial charge < -0.3 is 14.2 Å². The maximum absolute atomic E-state index is 5.91. The van der Waals surface area contributed by atoms with Crippen LogP contribution in [0.4, 0.5) is 0 Å². The minimum Gasteiger partial charge on any atom is -0.497 e. The molecular weight excluding hydrogens is 292 g/mol. The molecule has 2 aromatic heterocycles. The molecule has 0 aliphatic rings. The van der Waals surface area contributed by atoms with Crippen LogP contribution in [0.25, 0.3) is 11.1 Å². The minimum atomic E-state index is 0.490. The maximum Gasteiger partial charge on any atom is 0.227 e. The molecule has 0 N–H and O–H groups in total. The van der Waals surface area contributed by atoms with Crippen LogP contribution in [0, 0.1) is 0 Å². The lowest BCUT2D eigenvalue weighted by atomic mass is 10.1. The maximum atomic E-state index is 5.91. The molecule has 0 amide bonds. The fraction of sp³-hybridized carbons (Fsp3) is 0.111. The third kappa shape index (κ3) is 3.23. The Balaban J connectivity index is 1.97. The molecule has 0 atom stereocenters. The highest BCUT2D eigenvalue weighted by Crippen LogP contribution is 2.36. The second kappa shape index (κ2) is 6.79. The summed E-state index contributed by atoms with van der Waals surface area (Å²) in [6, 6.07) is 12.9. The number of methoxy groups -OCH3 is 2. The first-order chi connectivity index (χ1) is 11.3. The highest BCUT2D eigenvalue weighted by Gasteiger charge is 2.13. The van der Waals surface area contributed by atoms with E-state index in [0.29, 0.717) is 17.4 Å². The second-order valence-electron chi connectivity index (χ2n) is 4.71. The van der Waals surface area contributed by atoms with Gasteiger partial charge in [0.2, 0.25) is 5.88 Å². The number of nitrogens with zero attached hydrogens (tertiary/aromatic N) is 2. The summed E-state index contributed by atoms with van der Waals surface area (Å²) < 4.78 is 16.5. The fourth-order valence-corrected chi connectivity index (χ4v) is 2.19. The smallest absolute Gasteiger partial charge is 0.227 e. The van der Waals surface area contributed by atoms with Gasteiger partial charge in [-0.25, -0.2) is 4.98 Å². The number of rotatable bonds is 5. The number of hydrogen-bond acceptors (Lipinski definition) is 5. The molecule has 0 saturated heterocycles. The average Bonchev–Trinajstić information content (AvgIpc) is 2.63. The zero-order valence-corrected chi connectivity index (χ0v) is 12.9. The van der Waals surface area contributed by atoms with Crippen molar-refractivity contribution in [2.75, 3.05) is 14.2 Å². The molecule has 2 heterocycles. The van der Waals surface area contributed by atoms with Crippen molar-refractivity contribution in [2.45, 2.75) is 0 Å². The van der Waals surface area contributed by atoms with Crippen molar-refractivity contribution in [1.82, 2.24) is 9.97 Å². The molecule has 3 aromatic rings. The van der Waals surface area contributed by atoms with Crippen LogP contribution in [0.1, 0.15) is 0 Å². The first kappa shape index (κ1) is 14.8. The molecule has 0 aliphatic carbocycles. The normalized spacial score (nSPS) is 10.2. The van der Waals surface area contributed by atoms with Crippen LogP contribution in [0.15, 0.2) is 61.1 Å². The standard InChI is InChI=1S/C18H16N2O3/c1-21-13-5-7-14(8-6-13)23-18-15(4-3-10-20-18)16-12-19-11-9-17(16)22-2/h3-12H,1-2H3. The summed E-state index contributed by atoms with van der Waals surface area (Å²) in [5.74, 6) is 2.65.